The van der Waals surface area contributed by atoms with Crippen LogP contribution in [0.25, 0.3) is 0 Å². The van der Waals surface area contributed by atoms with E-state index < -0.39 is 15.6 Å². The lowest BCUT2D eigenvalue weighted by molar-refractivity contribution is 0.269. The summed E-state index contributed by atoms with van der Waals surface area (Å²) in [7, 11) is -2.08. The van der Waals surface area contributed by atoms with Crippen LogP contribution in [0.5, 0.6) is 5.75 Å². The van der Waals surface area contributed by atoms with Crippen molar-refractivity contribution in [2.24, 2.45) is 5.41 Å². The maximum atomic E-state index is 12.5. The number of benzene rings is 1. The van der Waals surface area contributed by atoms with Crippen molar-refractivity contribution in [3.8, 4) is 5.75 Å². The standard InChI is InChI=1S/C15H24BrNO3S/c1-14(2,3)10-15(4,5)17-21(18,19)11-7-8-12(16)13(9-11)20-6/h7-9,17H,10H2,1-6H3. The van der Waals surface area contributed by atoms with Crippen molar-refractivity contribution in [2.45, 2.75) is 51.5 Å². The molecule has 0 atom stereocenters. The monoisotopic (exact) mass is 377 g/mol. The first-order valence-corrected chi connectivity index (χ1v) is 9.01. The molecule has 120 valence electrons. The summed E-state index contributed by atoms with van der Waals surface area (Å²) in [6.45, 7) is 10.1. The van der Waals surface area contributed by atoms with Gasteiger partial charge in [0.05, 0.1) is 16.5 Å². The molecule has 0 saturated heterocycles. The van der Waals surface area contributed by atoms with E-state index in [0.29, 0.717) is 5.75 Å². The van der Waals surface area contributed by atoms with Crippen LogP contribution in [0.4, 0.5) is 0 Å². The molecule has 4 nitrogen and oxygen atoms in total. The number of hydrogen-bond acceptors (Lipinski definition) is 3. The minimum atomic E-state index is -3.59. The molecule has 6 heteroatoms. The number of rotatable bonds is 5. The largest absolute Gasteiger partial charge is 0.496 e. The number of sulfonamides is 1. The summed E-state index contributed by atoms with van der Waals surface area (Å²) < 4.78 is 33.7. The fraction of sp³-hybridized carbons (Fsp3) is 0.600. The van der Waals surface area contributed by atoms with Crippen molar-refractivity contribution in [3.05, 3.63) is 22.7 Å². The van der Waals surface area contributed by atoms with Gasteiger partial charge in [-0.3, -0.25) is 0 Å². The lowest BCUT2D eigenvalue weighted by atomic mass is 9.82. The number of ether oxygens (including phenoxy) is 1. The van der Waals surface area contributed by atoms with E-state index in [1.54, 1.807) is 12.1 Å². The first kappa shape index (κ1) is 18.5. The highest BCUT2D eigenvalue weighted by Crippen LogP contribution is 2.30. The van der Waals surface area contributed by atoms with Crippen molar-refractivity contribution in [3.63, 3.8) is 0 Å². The Morgan fingerprint density at radius 3 is 2.24 bits per heavy atom. The van der Waals surface area contributed by atoms with Gasteiger partial charge in [0.2, 0.25) is 10.0 Å². The summed E-state index contributed by atoms with van der Waals surface area (Å²) in [5.74, 6) is 0.492. The van der Waals surface area contributed by atoms with E-state index in [-0.39, 0.29) is 10.3 Å². The van der Waals surface area contributed by atoms with E-state index in [1.807, 2.05) is 13.8 Å². The molecule has 1 aromatic carbocycles. The molecule has 1 aromatic rings. The smallest absolute Gasteiger partial charge is 0.241 e. The van der Waals surface area contributed by atoms with E-state index in [0.717, 1.165) is 10.9 Å². The van der Waals surface area contributed by atoms with Crippen LogP contribution in [0.2, 0.25) is 0 Å². The van der Waals surface area contributed by atoms with Gasteiger partial charge >= 0.3 is 0 Å². The first-order chi connectivity index (χ1) is 9.36. The van der Waals surface area contributed by atoms with Crippen LogP contribution in [-0.4, -0.2) is 21.1 Å². The molecular formula is C15H24BrNO3S. The Morgan fingerprint density at radius 1 is 1.19 bits per heavy atom. The third-order valence-electron chi connectivity index (χ3n) is 2.82. The molecule has 0 heterocycles. The van der Waals surface area contributed by atoms with Crippen LogP contribution >= 0.6 is 15.9 Å². The second kappa shape index (κ2) is 6.26. The summed E-state index contributed by atoms with van der Waals surface area (Å²) in [4.78, 5) is 0.199. The van der Waals surface area contributed by atoms with Gasteiger partial charge in [-0.25, -0.2) is 13.1 Å². The molecule has 0 amide bonds. The maximum absolute atomic E-state index is 12.5. The molecule has 0 radical (unpaired) electrons. The molecule has 21 heavy (non-hydrogen) atoms. The number of methoxy groups -OCH3 is 1. The van der Waals surface area contributed by atoms with Crippen molar-refractivity contribution < 1.29 is 13.2 Å². The molecule has 1 rings (SSSR count). The topological polar surface area (TPSA) is 55.4 Å². The van der Waals surface area contributed by atoms with E-state index in [2.05, 4.69) is 41.4 Å². The highest BCUT2D eigenvalue weighted by Gasteiger charge is 2.30. The van der Waals surface area contributed by atoms with Gasteiger partial charge in [0.1, 0.15) is 5.75 Å². The molecule has 0 fully saturated rings. The van der Waals surface area contributed by atoms with Crippen molar-refractivity contribution in [1.29, 1.82) is 0 Å². The van der Waals surface area contributed by atoms with E-state index in [4.69, 9.17) is 4.74 Å². The average Bonchev–Trinajstić information content (AvgIpc) is 2.24. The summed E-state index contributed by atoms with van der Waals surface area (Å²) in [6.07, 6.45) is 0.729. The fourth-order valence-electron chi connectivity index (χ4n) is 2.59. The molecule has 0 aliphatic rings. The second-order valence-electron chi connectivity index (χ2n) is 7.02. The molecule has 0 aliphatic heterocycles. The predicted octanol–water partition coefficient (Wildman–Crippen LogP) is 3.95. The number of hydrogen-bond donors (Lipinski definition) is 1. The van der Waals surface area contributed by atoms with Crippen molar-refractivity contribution >= 4 is 26.0 Å². The number of halogens is 1. The predicted molar refractivity (Wildman–Crippen MR) is 89.2 cm³/mol. The SMILES string of the molecule is COc1cc(S(=O)(=O)NC(C)(C)CC(C)(C)C)ccc1Br. The summed E-state index contributed by atoms with van der Waals surface area (Å²) in [6, 6.07) is 4.74. The molecule has 0 aromatic heterocycles. The molecule has 0 spiro atoms. The minimum Gasteiger partial charge on any atom is -0.496 e. The van der Waals surface area contributed by atoms with Crippen LogP contribution in [0.15, 0.2) is 27.6 Å². The highest BCUT2D eigenvalue weighted by atomic mass is 79.9. The quantitative estimate of drug-likeness (QED) is 0.844. The van der Waals surface area contributed by atoms with Gasteiger partial charge in [-0.1, -0.05) is 20.8 Å². The zero-order valence-electron chi connectivity index (χ0n) is 13.5. The van der Waals surface area contributed by atoms with Gasteiger partial charge in [-0.05, 0) is 53.7 Å². The van der Waals surface area contributed by atoms with Gasteiger partial charge in [-0.15, -0.1) is 0 Å². The van der Waals surface area contributed by atoms with Crippen LogP contribution in [-0.2, 0) is 10.0 Å². The lowest BCUT2D eigenvalue weighted by Gasteiger charge is -2.33. The van der Waals surface area contributed by atoms with Gasteiger partial charge in [-0.2, -0.15) is 0 Å². The first-order valence-electron chi connectivity index (χ1n) is 6.74. The second-order valence-corrected chi connectivity index (χ2v) is 9.56. The minimum absolute atomic E-state index is 0.0312. The number of nitrogens with one attached hydrogen (secondary N) is 1. The Balaban J connectivity index is 3.07. The van der Waals surface area contributed by atoms with E-state index >= 15 is 0 Å². The molecule has 0 saturated carbocycles. The van der Waals surface area contributed by atoms with Gasteiger partial charge in [0.15, 0.2) is 0 Å². The van der Waals surface area contributed by atoms with Crippen LogP contribution < -0.4 is 9.46 Å². The molecule has 1 N–H and O–H groups in total. The van der Waals surface area contributed by atoms with E-state index in [9.17, 15) is 8.42 Å². The third-order valence-corrected chi connectivity index (χ3v) is 5.17. The zero-order valence-corrected chi connectivity index (χ0v) is 15.9. The van der Waals surface area contributed by atoms with Gasteiger partial charge in [0, 0.05) is 11.6 Å². The maximum Gasteiger partial charge on any atom is 0.241 e. The fourth-order valence-corrected chi connectivity index (χ4v) is 4.43. The highest BCUT2D eigenvalue weighted by molar-refractivity contribution is 9.10. The lowest BCUT2D eigenvalue weighted by Crippen LogP contribution is -2.45. The van der Waals surface area contributed by atoms with Crippen LogP contribution in [0.1, 0.15) is 41.0 Å². The third kappa shape index (κ3) is 5.60. The van der Waals surface area contributed by atoms with Crippen molar-refractivity contribution in [2.75, 3.05) is 7.11 Å². The van der Waals surface area contributed by atoms with Crippen LogP contribution in [0, 0.1) is 5.41 Å². The Labute approximate surface area is 136 Å². The molecule has 0 bridgehead atoms. The Hall–Kier alpha value is -0.590. The Kier molecular flexibility index (Phi) is 5.51. The molecule has 0 aliphatic carbocycles. The molecule has 0 unspecified atom stereocenters. The normalized spacial score (nSPS) is 13.3. The van der Waals surface area contributed by atoms with E-state index in [1.165, 1.54) is 13.2 Å². The zero-order chi connectivity index (χ0) is 16.5. The summed E-state index contributed by atoms with van der Waals surface area (Å²) in [5, 5.41) is 0. The van der Waals surface area contributed by atoms with Gasteiger partial charge in [0.25, 0.3) is 0 Å². The summed E-state index contributed by atoms with van der Waals surface area (Å²) >= 11 is 3.32. The Morgan fingerprint density at radius 2 is 1.76 bits per heavy atom. The average molecular weight is 378 g/mol. The van der Waals surface area contributed by atoms with Crippen molar-refractivity contribution in [1.82, 2.24) is 4.72 Å². The Bertz CT molecular complexity index is 604. The van der Waals surface area contributed by atoms with Gasteiger partial charge < -0.3 is 4.74 Å². The van der Waals surface area contributed by atoms with Crippen LogP contribution in [0.3, 0.4) is 0 Å². The summed E-state index contributed by atoms with van der Waals surface area (Å²) in [5.41, 5.74) is -0.499. The molecular weight excluding hydrogens is 354 g/mol.